The van der Waals surface area contributed by atoms with Crippen molar-refractivity contribution in [2.45, 2.75) is 23.3 Å². The summed E-state index contributed by atoms with van der Waals surface area (Å²) < 4.78 is 30.1. The monoisotopic (exact) mass is 880 g/mol. The van der Waals surface area contributed by atoms with Crippen LogP contribution in [0.5, 0.6) is 0 Å². The molecule has 0 atom stereocenters. The molecule has 2 aliphatic carbocycles. The Morgan fingerprint density at radius 3 is 1.35 bits per heavy atom. The molecule has 0 spiro atoms. The molecule has 2 fully saturated rings. The van der Waals surface area contributed by atoms with Crippen molar-refractivity contribution in [3.63, 3.8) is 0 Å². The third-order valence-corrected chi connectivity index (χ3v) is 10.6. The average Bonchev–Trinajstić information content (AvgIpc) is 3.77. The van der Waals surface area contributed by atoms with Crippen molar-refractivity contribution in [3.05, 3.63) is 145 Å². The number of nitrogens with zero attached hydrogens (tertiary/aromatic N) is 1. The number of hydrogen-bond donors (Lipinski definition) is 3. The van der Waals surface area contributed by atoms with Gasteiger partial charge in [-0.3, -0.25) is 25.1 Å². The van der Waals surface area contributed by atoms with Crippen LogP contribution in [0.4, 0.5) is 19.2 Å². The van der Waals surface area contributed by atoms with Gasteiger partial charge >= 0.3 is 23.7 Å². The number of likely N-dealkylation sites (tertiary alicyclic amines) is 1. The third-order valence-electron chi connectivity index (χ3n) is 10.5. The van der Waals surface area contributed by atoms with Gasteiger partial charge in [0, 0.05) is 23.4 Å². The summed E-state index contributed by atoms with van der Waals surface area (Å²) in [7, 11) is 0. The Balaban J connectivity index is 0.000000185. The highest BCUT2D eigenvalue weighted by Gasteiger charge is 2.50. The van der Waals surface area contributed by atoms with Crippen molar-refractivity contribution >= 4 is 48.3 Å². The maximum Gasteiger partial charge on any atom is 0.410 e. The lowest BCUT2D eigenvalue weighted by Crippen LogP contribution is -2.72. The highest BCUT2D eigenvalue weighted by Crippen LogP contribution is 2.45. The van der Waals surface area contributed by atoms with Crippen molar-refractivity contribution in [3.8, 4) is 22.3 Å². The minimum Gasteiger partial charge on any atom is -0.449 e. The molecular weight excluding hydrogens is 836 g/mol. The van der Waals surface area contributed by atoms with Gasteiger partial charge in [0.05, 0.1) is 26.2 Å². The molecule has 63 heavy (non-hydrogen) atoms. The molecule has 8 rings (SSSR count). The summed E-state index contributed by atoms with van der Waals surface area (Å²) in [6.45, 7) is 8.61. The first-order valence-electron chi connectivity index (χ1n) is 19.7. The minimum atomic E-state index is -1.34. The van der Waals surface area contributed by atoms with E-state index in [9.17, 15) is 28.8 Å². The maximum atomic E-state index is 12.5. The molecule has 2 aliphatic heterocycles. The van der Waals surface area contributed by atoms with Gasteiger partial charge in [0.15, 0.2) is 0 Å². The summed E-state index contributed by atoms with van der Waals surface area (Å²) in [4.78, 5) is 69.0. The van der Waals surface area contributed by atoms with Crippen molar-refractivity contribution in [1.29, 1.82) is 0 Å². The summed E-state index contributed by atoms with van der Waals surface area (Å²) in [5, 5.41) is 8.15. The van der Waals surface area contributed by atoms with Gasteiger partial charge in [0.2, 0.25) is 11.4 Å². The van der Waals surface area contributed by atoms with E-state index in [-0.39, 0.29) is 57.8 Å². The van der Waals surface area contributed by atoms with Crippen LogP contribution >= 0.6 is 11.6 Å². The quantitative estimate of drug-likeness (QED) is 0.0404. The van der Waals surface area contributed by atoms with Crippen LogP contribution in [-0.4, -0.2) is 106 Å². The van der Waals surface area contributed by atoms with Gasteiger partial charge < -0.3 is 33.7 Å². The minimum absolute atomic E-state index is 0.000560. The highest BCUT2D eigenvalue weighted by atomic mass is 35.5. The molecule has 17 heteroatoms. The number of halogens is 1. The fourth-order valence-corrected chi connectivity index (χ4v) is 7.67. The summed E-state index contributed by atoms with van der Waals surface area (Å²) >= 11 is 4.75. The van der Waals surface area contributed by atoms with Crippen molar-refractivity contribution in [2.75, 3.05) is 52.6 Å². The molecule has 0 aromatic heterocycles. The second-order valence-electron chi connectivity index (χ2n) is 14.5. The van der Waals surface area contributed by atoms with Crippen molar-refractivity contribution in [1.82, 2.24) is 20.9 Å². The number of fused-ring (bicyclic) bond motifs is 6. The van der Waals surface area contributed by atoms with Gasteiger partial charge in [-0.1, -0.05) is 122 Å². The second kappa shape index (κ2) is 21.1. The summed E-state index contributed by atoms with van der Waals surface area (Å²) in [5.74, 6) is -0.0894. The van der Waals surface area contributed by atoms with Crippen LogP contribution in [0.1, 0.15) is 34.1 Å². The zero-order valence-corrected chi connectivity index (χ0v) is 34.8. The largest absolute Gasteiger partial charge is 0.449 e. The maximum absolute atomic E-state index is 12.5. The predicted octanol–water partition coefficient (Wildman–Crippen LogP) is 6.58. The molecule has 328 valence electrons. The van der Waals surface area contributed by atoms with E-state index in [1.54, 1.807) is 0 Å². The van der Waals surface area contributed by atoms with E-state index in [1.165, 1.54) is 28.2 Å². The third kappa shape index (κ3) is 10.8. The van der Waals surface area contributed by atoms with Gasteiger partial charge in [0.25, 0.3) is 12.9 Å². The van der Waals surface area contributed by atoms with E-state index in [0.29, 0.717) is 19.6 Å². The molecule has 4 aromatic rings. The SMILES string of the molecule is C=CCOC(=O)Cl.C=CCOC(=O)N1CC(NC(=O)OCC2c3ccccc3-c3ccccc32)(OC=O)C1.O=COC1(NC(=O)OCC2c3ccccc3-c3ccccc32)CNC1. The molecule has 3 amide bonds. The lowest BCUT2D eigenvalue weighted by Gasteiger charge is -2.46. The number of alkyl carbamates (subject to hydrolysis) is 2. The number of amides is 3. The van der Waals surface area contributed by atoms with E-state index < -0.39 is 35.2 Å². The topological polar surface area (TPSA) is 197 Å². The fourth-order valence-electron chi connectivity index (χ4n) is 7.61. The summed E-state index contributed by atoms with van der Waals surface area (Å²) in [6, 6.07) is 32.3. The van der Waals surface area contributed by atoms with Crippen LogP contribution in [0.3, 0.4) is 0 Å². The molecule has 16 nitrogen and oxygen atoms in total. The van der Waals surface area contributed by atoms with E-state index in [2.05, 4.69) is 70.2 Å². The van der Waals surface area contributed by atoms with Crippen LogP contribution in [0.15, 0.2) is 122 Å². The van der Waals surface area contributed by atoms with Gasteiger partial charge in [0.1, 0.15) is 26.4 Å². The van der Waals surface area contributed by atoms with E-state index in [0.717, 1.165) is 33.4 Å². The lowest BCUT2D eigenvalue weighted by molar-refractivity contribution is -0.167. The Kier molecular flexibility index (Phi) is 15.2. The van der Waals surface area contributed by atoms with Gasteiger partial charge in [-0.25, -0.2) is 19.2 Å². The van der Waals surface area contributed by atoms with Crippen LogP contribution in [0.2, 0.25) is 0 Å². The van der Waals surface area contributed by atoms with Crippen LogP contribution in [-0.2, 0) is 38.0 Å². The molecule has 0 bridgehead atoms. The zero-order chi connectivity index (χ0) is 44.8. The Morgan fingerprint density at radius 1 is 0.619 bits per heavy atom. The fraction of sp³-hybridized carbons (Fsp3) is 0.261. The molecule has 4 aliphatic rings. The Labute approximate surface area is 368 Å². The second-order valence-corrected chi connectivity index (χ2v) is 14.8. The first kappa shape index (κ1) is 45.4. The van der Waals surface area contributed by atoms with Crippen LogP contribution in [0.25, 0.3) is 22.3 Å². The van der Waals surface area contributed by atoms with Gasteiger partial charge in [-0.05, 0) is 44.5 Å². The number of carbonyl (C=O) groups is 6. The number of carbonyl (C=O) groups excluding carboxylic acids is 6. The van der Waals surface area contributed by atoms with Crippen molar-refractivity contribution < 1.29 is 57.2 Å². The number of hydrogen-bond acceptors (Lipinski definition) is 13. The van der Waals surface area contributed by atoms with Gasteiger partial charge in [-0.15, -0.1) is 0 Å². The Hall–Kier alpha value is -7.17. The Bertz CT molecular complexity index is 2240. The molecule has 2 saturated heterocycles. The normalized spacial score (nSPS) is 15.3. The van der Waals surface area contributed by atoms with Gasteiger partial charge in [-0.2, -0.15) is 0 Å². The van der Waals surface area contributed by atoms with Crippen LogP contribution < -0.4 is 16.0 Å². The zero-order valence-electron chi connectivity index (χ0n) is 34.0. The first-order chi connectivity index (χ1) is 30.6. The van der Waals surface area contributed by atoms with E-state index in [1.807, 2.05) is 60.7 Å². The molecular formula is C46H45ClN4O12. The molecule has 2 heterocycles. The standard InChI is InChI=1S/C23H22N2O6.C19H18N2O4.C4H5ClO2/c1-2-11-29-22(28)25-13-23(14-25,31-15-26)24-21(27)30-12-20-18-9-5-3-7-16(18)17-8-4-6-10-19(17)20;22-12-25-19(10-20-11-19)21-18(23)24-9-17-15-7-3-1-5-13(15)14-6-2-4-8-16(14)17;1-2-3-7-4(5)6/h2-10,15,20H,1,11-14H2,(H,24,27);1-8,12,17,20H,9-11H2,(H,21,23);2H,1,3H2. The molecule has 0 unspecified atom stereocenters. The summed E-state index contributed by atoms with van der Waals surface area (Å²) in [6.07, 6.45) is 0.981. The highest BCUT2D eigenvalue weighted by molar-refractivity contribution is 6.61. The molecule has 0 radical (unpaired) electrons. The number of rotatable bonds is 14. The van der Waals surface area contributed by atoms with E-state index in [4.69, 9.17) is 35.3 Å². The number of nitrogens with one attached hydrogen (secondary N) is 3. The molecule has 0 saturated carbocycles. The molecule has 4 aromatic carbocycles. The van der Waals surface area contributed by atoms with E-state index >= 15 is 0 Å². The Morgan fingerprint density at radius 2 is 1.00 bits per heavy atom. The summed E-state index contributed by atoms with van der Waals surface area (Å²) in [5.41, 5.74) is 5.97. The smallest absolute Gasteiger partial charge is 0.410 e. The average molecular weight is 881 g/mol. The van der Waals surface area contributed by atoms with Crippen molar-refractivity contribution in [2.24, 2.45) is 0 Å². The predicted molar refractivity (Wildman–Crippen MR) is 230 cm³/mol. The number of ether oxygens (including phenoxy) is 6. The van der Waals surface area contributed by atoms with Crippen LogP contribution in [0, 0.1) is 0 Å². The number of benzene rings is 4. The lowest BCUT2D eigenvalue weighted by atomic mass is 9.98. The first-order valence-corrected chi connectivity index (χ1v) is 20.1. The molecule has 3 N–H and O–H groups in total.